The van der Waals surface area contributed by atoms with Crippen molar-refractivity contribution in [1.29, 1.82) is 0 Å². The minimum absolute atomic E-state index is 0.0570. The Labute approximate surface area is 197 Å². The molecule has 0 aliphatic rings. The molecular weight excluding hydrogens is 469 g/mol. The van der Waals surface area contributed by atoms with Crippen molar-refractivity contribution in [1.82, 2.24) is 14.5 Å². The van der Waals surface area contributed by atoms with Crippen LogP contribution in [0.15, 0.2) is 36.4 Å². The Morgan fingerprint density at radius 1 is 1.12 bits per heavy atom. The summed E-state index contributed by atoms with van der Waals surface area (Å²) in [4.78, 5) is 21.5. The number of hydrogen-bond acceptors (Lipinski definition) is 7. The van der Waals surface area contributed by atoms with Crippen LogP contribution in [0.25, 0.3) is 21.3 Å². The van der Waals surface area contributed by atoms with Crippen LogP contribution in [0, 0.1) is 0 Å². The highest BCUT2D eigenvalue weighted by atomic mass is 32.1. The second-order valence-corrected chi connectivity index (χ2v) is 8.63. The van der Waals surface area contributed by atoms with Crippen molar-refractivity contribution >= 4 is 49.4 Å². The Balaban J connectivity index is 1.49. The van der Waals surface area contributed by atoms with E-state index >= 15 is 0 Å². The van der Waals surface area contributed by atoms with E-state index < -0.39 is 6.36 Å². The standard InChI is InChI=1S/C23H23F3N4O3S/c1-3-32-11-5-4-6-19(31)14-7-10-18-17(12-14)27-21(30(18)2)29-22-28-16-9-8-15(13-20(16)34-22)33-23(24,25)26/h7-10,12-13H,3-6,11H2,1-2H3,(H,27,28,29). The number of anilines is 2. The molecule has 0 atom stereocenters. The molecule has 2 aromatic heterocycles. The molecule has 11 heteroatoms. The molecule has 0 amide bonds. The topological polar surface area (TPSA) is 78.3 Å². The average Bonchev–Trinajstić information content (AvgIpc) is 3.32. The molecule has 0 unspecified atom stereocenters. The summed E-state index contributed by atoms with van der Waals surface area (Å²) >= 11 is 1.19. The fraction of sp³-hybridized carbons (Fsp3) is 0.348. The Hall–Kier alpha value is -3.18. The lowest BCUT2D eigenvalue weighted by Crippen LogP contribution is -2.16. The summed E-state index contributed by atoms with van der Waals surface area (Å²) in [6, 6.07) is 9.40. The Kier molecular flexibility index (Phi) is 7.03. The highest BCUT2D eigenvalue weighted by molar-refractivity contribution is 7.22. The first kappa shape index (κ1) is 24.0. The molecule has 0 saturated carbocycles. The van der Waals surface area contributed by atoms with Crippen LogP contribution < -0.4 is 10.1 Å². The molecule has 34 heavy (non-hydrogen) atoms. The van der Waals surface area contributed by atoms with Gasteiger partial charge < -0.3 is 19.4 Å². The first-order chi connectivity index (χ1) is 16.2. The van der Waals surface area contributed by atoms with Crippen LogP contribution in [0.2, 0.25) is 0 Å². The molecule has 0 saturated heterocycles. The number of benzene rings is 2. The molecule has 0 bridgehead atoms. The van der Waals surface area contributed by atoms with Crippen molar-refractivity contribution in [2.75, 3.05) is 18.5 Å². The van der Waals surface area contributed by atoms with Crippen LogP contribution in [0.5, 0.6) is 5.75 Å². The third-order valence-corrected chi connectivity index (χ3v) is 6.10. The number of unbranched alkanes of at least 4 members (excludes halogenated alkanes) is 1. The number of hydrogen-bond donors (Lipinski definition) is 1. The SMILES string of the molecule is CCOCCCCC(=O)c1ccc2c(c1)nc(Nc1nc3ccc(OC(F)(F)F)cc3s1)n2C. The summed E-state index contributed by atoms with van der Waals surface area (Å²) in [6.07, 6.45) is -2.71. The molecule has 0 aliphatic heterocycles. The number of fused-ring (bicyclic) bond motifs is 2. The summed E-state index contributed by atoms with van der Waals surface area (Å²) in [5.74, 6) is 0.261. The number of rotatable bonds is 10. The third-order valence-electron chi connectivity index (χ3n) is 5.16. The van der Waals surface area contributed by atoms with Crippen molar-refractivity contribution in [3.05, 3.63) is 42.0 Å². The molecule has 0 aliphatic carbocycles. The van der Waals surface area contributed by atoms with Gasteiger partial charge in [0.1, 0.15) is 5.75 Å². The second kappa shape index (κ2) is 9.98. The van der Waals surface area contributed by atoms with Crippen molar-refractivity contribution in [2.45, 2.75) is 32.5 Å². The number of Topliss-reactive ketones (excluding diaryl/α,β-unsaturated/α-hetero) is 1. The number of nitrogens with zero attached hydrogens (tertiary/aromatic N) is 3. The lowest BCUT2D eigenvalue weighted by Gasteiger charge is -2.07. The second-order valence-electron chi connectivity index (χ2n) is 7.60. The van der Waals surface area contributed by atoms with Gasteiger partial charge in [0.05, 0.1) is 21.3 Å². The number of alkyl halides is 3. The van der Waals surface area contributed by atoms with Crippen LogP contribution in [0.4, 0.5) is 24.3 Å². The van der Waals surface area contributed by atoms with Gasteiger partial charge in [0.25, 0.3) is 0 Å². The number of nitrogens with one attached hydrogen (secondary N) is 1. The zero-order valence-corrected chi connectivity index (χ0v) is 19.4. The minimum atomic E-state index is -4.75. The third kappa shape index (κ3) is 5.65. The summed E-state index contributed by atoms with van der Waals surface area (Å²) in [6.45, 7) is 3.27. The van der Waals surface area contributed by atoms with E-state index in [1.54, 1.807) is 12.1 Å². The van der Waals surface area contributed by atoms with Gasteiger partial charge in [-0.3, -0.25) is 4.79 Å². The largest absolute Gasteiger partial charge is 0.573 e. The van der Waals surface area contributed by atoms with Gasteiger partial charge in [0.15, 0.2) is 10.9 Å². The summed E-state index contributed by atoms with van der Waals surface area (Å²) in [5.41, 5.74) is 2.63. The maximum Gasteiger partial charge on any atom is 0.573 e. The molecule has 0 fully saturated rings. The van der Waals surface area contributed by atoms with Gasteiger partial charge >= 0.3 is 6.36 Å². The lowest BCUT2D eigenvalue weighted by molar-refractivity contribution is -0.274. The average molecular weight is 493 g/mol. The van der Waals surface area contributed by atoms with Crippen LogP contribution in [-0.4, -0.2) is 39.9 Å². The number of aromatic nitrogens is 3. The molecular formula is C23H23F3N4O3S. The number of imidazole rings is 1. The zero-order chi connectivity index (χ0) is 24.3. The number of halogens is 3. The number of carbonyl (C=O) groups excluding carboxylic acids is 1. The van der Waals surface area contributed by atoms with Gasteiger partial charge in [-0.05, 0) is 50.1 Å². The van der Waals surface area contributed by atoms with Crippen LogP contribution in [0.3, 0.4) is 0 Å². The van der Waals surface area contributed by atoms with Crippen molar-refractivity contribution < 1.29 is 27.4 Å². The molecule has 1 N–H and O–H groups in total. The van der Waals surface area contributed by atoms with E-state index in [0.717, 1.165) is 18.4 Å². The summed E-state index contributed by atoms with van der Waals surface area (Å²) < 4.78 is 49.1. The van der Waals surface area contributed by atoms with E-state index in [0.29, 0.717) is 52.0 Å². The number of thiazole rings is 1. The highest BCUT2D eigenvalue weighted by Gasteiger charge is 2.31. The summed E-state index contributed by atoms with van der Waals surface area (Å²) in [7, 11) is 1.83. The molecule has 2 aromatic carbocycles. The van der Waals surface area contributed by atoms with E-state index in [9.17, 15) is 18.0 Å². The number of aryl methyl sites for hydroxylation is 1. The fourth-order valence-electron chi connectivity index (χ4n) is 3.51. The maximum absolute atomic E-state index is 12.5. The van der Waals surface area contributed by atoms with Crippen LogP contribution in [0.1, 0.15) is 36.5 Å². The van der Waals surface area contributed by atoms with E-state index in [-0.39, 0.29) is 11.5 Å². The Morgan fingerprint density at radius 2 is 1.94 bits per heavy atom. The quantitative estimate of drug-likeness (QED) is 0.209. The number of carbonyl (C=O) groups is 1. The van der Waals surface area contributed by atoms with Gasteiger partial charge in [0.2, 0.25) is 5.95 Å². The van der Waals surface area contributed by atoms with E-state index in [4.69, 9.17) is 4.74 Å². The van der Waals surface area contributed by atoms with Gasteiger partial charge in [-0.2, -0.15) is 0 Å². The van der Waals surface area contributed by atoms with Crippen molar-refractivity contribution in [3.8, 4) is 5.75 Å². The molecule has 0 radical (unpaired) electrons. The zero-order valence-electron chi connectivity index (χ0n) is 18.6. The molecule has 4 aromatic rings. The smallest absolute Gasteiger partial charge is 0.406 e. The molecule has 0 spiro atoms. The van der Waals surface area contributed by atoms with Gasteiger partial charge in [0, 0.05) is 38.3 Å². The first-order valence-corrected chi connectivity index (χ1v) is 11.6. The van der Waals surface area contributed by atoms with Gasteiger partial charge in [-0.25, -0.2) is 9.97 Å². The van der Waals surface area contributed by atoms with E-state index in [1.165, 1.54) is 29.5 Å². The van der Waals surface area contributed by atoms with Crippen LogP contribution in [-0.2, 0) is 11.8 Å². The molecule has 7 nitrogen and oxygen atoms in total. The van der Waals surface area contributed by atoms with Crippen molar-refractivity contribution in [2.24, 2.45) is 7.05 Å². The summed E-state index contributed by atoms with van der Waals surface area (Å²) in [5, 5.41) is 3.59. The Morgan fingerprint density at radius 3 is 2.71 bits per heavy atom. The molecule has 4 rings (SSSR count). The predicted molar refractivity (Wildman–Crippen MR) is 125 cm³/mol. The maximum atomic E-state index is 12.5. The normalized spacial score (nSPS) is 11.9. The molecule has 2 heterocycles. The number of ketones is 1. The minimum Gasteiger partial charge on any atom is -0.406 e. The fourth-order valence-corrected chi connectivity index (χ4v) is 4.40. The molecule has 180 valence electrons. The highest BCUT2D eigenvalue weighted by Crippen LogP contribution is 2.33. The number of ether oxygens (including phenoxy) is 2. The Bertz CT molecular complexity index is 1320. The van der Waals surface area contributed by atoms with Gasteiger partial charge in [-0.15, -0.1) is 13.2 Å². The lowest BCUT2D eigenvalue weighted by atomic mass is 10.1. The van der Waals surface area contributed by atoms with Gasteiger partial charge in [-0.1, -0.05) is 11.3 Å². The first-order valence-electron chi connectivity index (χ1n) is 10.7. The van der Waals surface area contributed by atoms with Crippen molar-refractivity contribution in [3.63, 3.8) is 0 Å². The van der Waals surface area contributed by atoms with Crippen LogP contribution >= 0.6 is 11.3 Å². The predicted octanol–water partition coefficient (Wildman–Crippen LogP) is 6.21. The van der Waals surface area contributed by atoms with E-state index in [2.05, 4.69) is 20.0 Å². The monoisotopic (exact) mass is 492 g/mol. The van der Waals surface area contributed by atoms with E-state index in [1.807, 2.05) is 24.6 Å².